The van der Waals surface area contributed by atoms with Crippen molar-refractivity contribution in [3.8, 4) is 0 Å². The second kappa shape index (κ2) is 6.87. The first-order valence-electron chi connectivity index (χ1n) is 7.35. The van der Waals surface area contributed by atoms with Crippen molar-refractivity contribution in [1.82, 2.24) is 15.2 Å². The molecule has 0 radical (unpaired) electrons. The molecule has 106 valence electrons. The molecule has 1 atom stereocenters. The molecular formula is C15H26N4. The number of nitrogens with zero attached hydrogens (tertiary/aromatic N) is 3. The van der Waals surface area contributed by atoms with Crippen LogP contribution in [-0.2, 0) is 6.54 Å². The summed E-state index contributed by atoms with van der Waals surface area (Å²) in [6.45, 7) is 9.61. The van der Waals surface area contributed by atoms with Gasteiger partial charge in [0.15, 0.2) is 0 Å². The van der Waals surface area contributed by atoms with Gasteiger partial charge in [-0.2, -0.15) is 0 Å². The molecule has 0 aromatic carbocycles. The number of hydrogen-bond acceptors (Lipinski definition) is 4. The molecule has 1 aromatic heterocycles. The highest BCUT2D eigenvalue weighted by Gasteiger charge is 2.23. The van der Waals surface area contributed by atoms with Crippen molar-refractivity contribution in [3.63, 3.8) is 0 Å². The fraction of sp³-hybridized carbons (Fsp3) is 0.667. The zero-order chi connectivity index (χ0) is 13.7. The van der Waals surface area contributed by atoms with Gasteiger partial charge in [0, 0.05) is 44.1 Å². The van der Waals surface area contributed by atoms with Crippen molar-refractivity contribution in [3.05, 3.63) is 24.0 Å². The number of likely N-dealkylation sites (N-methyl/N-ethyl adjacent to an activating group) is 1. The SMILES string of the molecule is CCNCc1cc(N2CCN(C)C(CC)C2)ccn1. The van der Waals surface area contributed by atoms with Gasteiger partial charge < -0.3 is 10.2 Å². The molecule has 1 N–H and O–H groups in total. The number of aromatic nitrogens is 1. The van der Waals surface area contributed by atoms with Gasteiger partial charge in [-0.3, -0.25) is 9.88 Å². The number of anilines is 1. The average Bonchev–Trinajstić information content (AvgIpc) is 2.46. The largest absolute Gasteiger partial charge is 0.369 e. The van der Waals surface area contributed by atoms with Crippen molar-refractivity contribution >= 4 is 5.69 Å². The van der Waals surface area contributed by atoms with Crippen LogP contribution in [0.1, 0.15) is 26.0 Å². The molecule has 1 fully saturated rings. The van der Waals surface area contributed by atoms with Crippen molar-refractivity contribution in [2.24, 2.45) is 0 Å². The van der Waals surface area contributed by atoms with Gasteiger partial charge in [0.1, 0.15) is 0 Å². The van der Waals surface area contributed by atoms with E-state index in [9.17, 15) is 0 Å². The molecule has 0 amide bonds. The zero-order valence-electron chi connectivity index (χ0n) is 12.4. The Hall–Kier alpha value is -1.13. The van der Waals surface area contributed by atoms with E-state index in [-0.39, 0.29) is 0 Å². The van der Waals surface area contributed by atoms with Gasteiger partial charge in [-0.1, -0.05) is 13.8 Å². The number of nitrogens with one attached hydrogen (secondary N) is 1. The smallest absolute Gasteiger partial charge is 0.0562 e. The molecule has 1 aromatic rings. The first-order valence-corrected chi connectivity index (χ1v) is 7.35. The monoisotopic (exact) mass is 262 g/mol. The van der Waals surface area contributed by atoms with E-state index in [0.29, 0.717) is 6.04 Å². The van der Waals surface area contributed by atoms with E-state index < -0.39 is 0 Å². The molecule has 0 saturated carbocycles. The summed E-state index contributed by atoms with van der Waals surface area (Å²) >= 11 is 0. The first kappa shape index (κ1) is 14.3. The fourth-order valence-corrected chi connectivity index (χ4v) is 2.63. The normalized spacial score (nSPS) is 20.8. The summed E-state index contributed by atoms with van der Waals surface area (Å²) in [5.41, 5.74) is 2.45. The molecule has 0 aliphatic carbocycles. The van der Waals surface area contributed by atoms with Gasteiger partial charge in [0.2, 0.25) is 0 Å². The third-order valence-electron chi connectivity index (χ3n) is 3.97. The summed E-state index contributed by atoms with van der Waals surface area (Å²) in [5.74, 6) is 0. The maximum atomic E-state index is 4.43. The Balaban J connectivity index is 2.04. The van der Waals surface area contributed by atoms with E-state index in [1.54, 1.807) is 0 Å². The second-order valence-corrected chi connectivity index (χ2v) is 5.27. The molecule has 19 heavy (non-hydrogen) atoms. The van der Waals surface area contributed by atoms with Crippen molar-refractivity contribution in [2.75, 3.05) is 38.1 Å². The standard InChI is InChI=1S/C15H26N4/c1-4-14-12-19(9-8-18(14)3)15-6-7-17-13(10-15)11-16-5-2/h6-7,10,14,16H,4-5,8-9,11-12H2,1-3H3. The summed E-state index contributed by atoms with van der Waals surface area (Å²) < 4.78 is 0. The van der Waals surface area contributed by atoms with E-state index in [0.717, 1.165) is 38.4 Å². The Kier molecular flexibility index (Phi) is 5.16. The van der Waals surface area contributed by atoms with E-state index in [1.807, 2.05) is 6.20 Å². The van der Waals surface area contributed by atoms with Crippen LogP contribution in [-0.4, -0.2) is 49.2 Å². The Bertz CT molecular complexity index is 393. The lowest BCUT2D eigenvalue weighted by Gasteiger charge is -2.40. The van der Waals surface area contributed by atoms with Crippen LogP contribution in [0.4, 0.5) is 5.69 Å². The lowest BCUT2D eigenvalue weighted by Crippen LogP contribution is -2.51. The van der Waals surface area contributed by atoms with Gasteiger partial charge in [0.05, 0.1) is 5.69 Å². The lowest BCUT2D eigenvalue weighted by atomic mass is 10.1. The van der Waals surface area contributed by atoms with Crippen LogP contribution in [0.15, 0.2) is 18.3 Å². The number of piperazine rings is 1. The molecule has 1 aliphatic heterocycles. The lowest BCUT2D eigenvalue weighted by molar-refractivity contribution is 0.213. The van der Waals surface area contributed by atoms with Crippen LogP contribution in [0, 0.1) is 0 Å². The van der Waals surface area contributed by atoms with Crippen molar-refractivity contribution < 1.29 is 0 Å². The Morgan fingerprint density at radius 2 is 2.21 bits per heavy atom. The quantitative estimate of drug-likeness (QED) is 0.875. The summed E-state index contributed by atoms with van der Waals surface area (Å²) in [4.78, 5) is 9.39. The summed E-state index contributed by atoms with van der Waals surface area (Å²) in [5, 5.41) is 3.33. The van der Waals surface area contributed by atoms with Crippen LogP contribution in [0.3, 0.4) is 0 Å². The predicted molar refractivity (Wildman–Crippen MR) is 80.5 cm³/mol. The third-order valence-corrected chi connectivity index (χ3v) is 3.97. The highest BCUT2D eigenvalue weighted by atomic mass is 15.3. The third kappa shape index (κ3) is 3.67. The van der Waals surface area contributed by atoms with Gasteiger partial charge in [-0.15, -0.1) is 0 Å². The van der Waals surface area contributed by atoms with Gasteiger partial charge in [-0.25, -0.2) is 0 Å². The van der Waals surface area contributed by atoms with Crippen LogP contribution in [0.25, 0.3) is 0 Å². The Labute approximate surface area is 116 Å². The highest BCUT2D eigenvalue weighted by Crippen LogP contribution is 2.20. The summed E-state index contributed by atoms with van der Waals surface area (Å²) in [7, 11) is 2.23. The maximum absolute atomic E-state index is 4.43. The minimum atomic E-state index is 0.666. The minimum Gasteiger partial charge on any atom is -0.369 e. The molecule has 4 heteroatoms. The number of pyridine rings is 1. The van der Waals surface area contributed by atoms with Gasteiger partial charge >= 0.3 is 0 Å². The van der Waals surface area contributed by atoms with E-state index >= 15 is 0 Å². The zero-order valence-corrected chi connectivity index (χ0v) is 12.4. The Morgan fingerprint density at radius 3 is 2.95 bits per heavy atom. The highest BCUT2D eigenvalue weighted by molar-refractivity contribution is 5.47. The van der Waals surface area contributed by atoms with Crippen LogP contribution < -0.4 is 10.2 Å². The van der Waals surface area contributed by atoms with Crippen LogP contribution >= 0.6 is 0 Å². The molecule has 1 aliphatic rings. The molecule has 2 heterocycles. The van der Waals surface area contributed by atoms with E-state index in [1.165, 1.54) is 12.1 Å². The van der Waals surface area contributed by atoms with Crippen molar-refractivity contribution in [2.45, 2.75) is 32.9 Å². The minimum absolute atomic E-state index is 0.666. The second-order valence-electron chi connectivity index (χ2n) is 5.27. The topological polar surface area (TPSA) is 31.4 Å². The number of rotatable bonds is 5. The van der Waals surface area contributed by atoms with Crippen molar-refractivity contribution in [1.29, 1.82) is 0 Å². The van der Waals surface area contributed by atoms with E-state index in [2.05, 4.69) is 53.1 Å². The molecule has 1 unspecified atom stereocenters. The van der Waals surface area contributed by atoms with E-state index in [4.69, 9.17) is 0 Å². The molecule has 4 nitrogen and oxygen atoms in total. The summed E-state index contributed by atoms with van der Waals surface area (Å²) in [6, 6.07) is 5.02. The maximum Gasteiger partial charge on any atom is 0.0562 e. The molecule has 0 spiro atoms. The number of hydrogen-bond donors (Lipinski definition) is 1. The van der Waals surface area contributed by atoms with Crippen LogP contribution in [0.2, 0.25) is 0 Å². The molecular weight excluding hydrogens is 236 g/mol. The first-order chi connectivity index (χ1) is 9.24. The Morgan fingerprint density at radius 1 is 1.37 bits per heavy atom. The average molecular weight is 262 g/mol. The van der Waals surface area contributed by atoms with Gasteiger partial charge in [-0.05, 0) is 32.1 Å². The van der Waals surface area contributed by atoms with Gasteiger partial charge in [0.25, 0.3) is 0 Å². The fourth-order valence-electron chi connectivity index (χ4n) is 2.63. The molecule has 2 rings (SSSR count). The molecule has 0 bridgehead atoms. The predicted octanol–water partition coefficient (Wildman–Crippen LogP) is 1.72. The molecule has 1 saturated heterocycles. The van der Waals surface area contributed by atoms with Crippen LogP contribution in [0.5, 0.6) is 0 Å². The summed E-state index contributed by atoms with van der Waals surface area (Å²) in [6.07, 6.45) is 3.14.